The van der Waals surface area contributed by atoms with Gasteiger partial charge in [0.05, 0.1) is 5.56 Å². The summed E-state index contributed by atoms with van der Waals surface area (Å²) in [5, 5.41) is 9.88. The van der Waals surface area contributed by atoms with Gasteiger partial charge in [0.2, 0.25) is 0 Å². The summed E-state index contributed by atoms with van der Waals surface area (Å²) in [6.07, 6.45) is 4.47. The quantitative estimate of drug-likeness (QED) is 0.799. The highest BCUT2D eigenvalue weighted by molar-refractivity contribution is 6.04. The van der Waals surface area contributed by atoms with Crippen molar-refractivity contribution >= 4 is 16.9 Å². The van der Waals surface area contributed by atoms with Crippen LogP contribution in [0.5, 0.6) is 0 Å². The molecule has 0 saturated heterocycles. The van der Waals surface area contributed by atoms with Gasteiger partial charge in [0.15, 0.2) is 0 Å². The molecule has 1 N–H and O–H groups in total. The maximum Gasteiger partial charge on any atom is 0.336 e. The van der Waals surface area contributed by atoms with Crippen LogP contribution in [0, 0.1) is 5.82 Å². The molecule has 0 atom stereocenters. The van der Waals surface area contributed by atoms with Crippen LogP contribution in [0.3, 0.4) is 0 Å². The summed E-state index contributed by atoms with van der Waals surface area (Å²) < 4.78 is 13.8. The van der Waals surface area contributed by atoms with Gasteiger partial charge in [-0.3, -0.25) is 0 Å². The summed E-state index contributed by atoms with van der Waals surface area (Å²) in [7, 11) is 0. The monoisotopic (exact) mass is 259 g/mol. The molecule has 0 amide bonds. The molecule has 0 radical (unpaired) electrons. The van der Waals surface area contributed by atoms with Gasteiger partial charge in [-0.05, 0) is 37.3 Å². The molecule has 1 aliphatic carbocycles. The number of aromatic carboxylic acids is 1. The SMILES string of the molecule is O=C(O)c1c2c(nc3c(F)cccc13)CCCCC2. The van der Waals surface area contributed by atoms with Gasteiger partial charge in [-0.15, -0.1) is 0 Å². The molecule has 0 unspecified atom stereocenters. The standard InChI is InChI=1S/C15H14FNO2/c16-11-7-4-6-10-13(15(18)19)9-5-2-1-3-8-12(9)17-14(10)11/h4,6-7H,1-3,5,8H2,(H,18,19). The highest BCUT2D eigenvalue weighted by Gasteiger charge is 2.22. The summed E-state index contributed by atoms with van der Waals surface area (Å²) in [5.41, 5.74) is 1.97. The van der Waals surface area contributed by atoms with Gasteiger partial charge < -0.3 is 5.11 Å². The zero-order chi connectivity index (χ0) is 13.4. The Balaban J connectivity index is 2.40. The molecule has 1 aromatic heterocycles. The van der Waals surface area contributed by atoms with Crippen LogP contribution in [0.15, 0.2) is 18.2 Å². The average Bonchev–Trinajstić information content (AvgIpc) is 2.61. The second kappa shape index (κ2) is 4.61. The Labute approximate surface area is 110 Å². The number of aromatic nitrogens is 1. The topological polar surface area (TPSA) is 50.2 Å². The van der Waals surface area contributed by atoms with Crippen molar-refractivity contribution in [3.05, 3.63) is 40.8 Å². The van der Waals surface area contributed by atoms with Gasteiger partial charge in [0.25, 0.3) is 0 Å². The van der Waals surface area contributed by atoms with E-state index in [1.165, 1.54) is 12.1 Å². The number of benzene rings is 1. The number of aryl methyl sites for hydroxylation is 1. The first-order valence-electron chi connectivity index (χ1n) is 6.52. The number of carboxylic acids is 1. The van der Waals surface area contributed by atoms with E-state index in [0.29, 0.717) is 5.39 Å². The fourth-order valence-electron chi connectivity index (χ4n) is 2.83. The third-order valence-corrected chi connectivity index (χ3v) is 3.71. The van der Waals surface area contributed by atoms with E-state index >= 15 is 0 Å². The Morgan fingerprint density at radius 1 is 1.21 bits per heavy atom. The Hall–Kier alpha value is -1.97. The van der Waals surface area contributed by atoms with Gasteiger partial charge >= 0.3 is 5.97 Å². The van der Waals surface area contributed by atoms with Crippen molar-refractivity contribution < 1.29 is 14.3 Å². The second-order valence-corrected chi connectivity index (χ2v) is 4.91. The zero-order valence-electron chi connectivity index (χ0n) is 10.4. The first kappa shape index (κ1) is 12.1. The third-order valence-electron chi connectivity index (χ3n) is 3.71. The lowest BCUT2D eigenvalue weighted by atomic mass is 9.97. The number of nitrogens with zero attached hydrogens (tertiary/aromatic N) is 1. The van der Waals surface area contributed by atoms with Crippen molar-refractivity contribution in [3.8, 4) is 0 Å². The van der Waals surface area contributed by atoms with Crippen LogP contribution in [-0.4, -0.2) is 16.1 Å². The fourth-order valence-corrected chi connectivity index (χ4v) is 2.83. The molecule has 4 heteroatoms. The second-order valence-electron chi connectivity index (χ2n) is 4.91. The molecule has 3 rings (SSSR count). The molecule has 0 fully saturated rings. The summed E-state index contributed by atoms with van der Waals surface area (Å²) in [6.45, 7) is 0. The Kier molecular flexibility index (Phi) is 2.93. The number of halogens is 1. The minimum atomic E-state index is -0.990. The zero-order valence-corrected chi connectivity index (χ0v) is 10.4. The summed E-state index contributed by atoms with van der Waals surface area (Å²) in [6, 6.07) is 4.50. The molecular weight excluding hydrogens is 245 g/mol. The van der Waals surface area contributed by atoms with Crippen LogP contribution in [0.1, 0.15) is 40.9 Å². The van der Waals surface area contributed by atoms with E-state index in [-0.39, 0.29) is 11.1 Å². The van der Waals surface area contributed by atoms with Gasteiger partial charge in [0.1, 0.15) is 11.3 Å². The van der Waals surface area contributed by atoms with Crippen molar-refractivity contribution in [2.24, 2.45) is 0 Å². The Morgan fingerprint density at radius 2 is 2.00 bits per heavy atom. The first-order valence-corrected chi connectivity index (χ1v) is 6.52. The van der Waals surface area contributed by atoms with Crippen LogP contribution in [0.25, 0.3) is 10.9 Å². The van der Waals surface area contributed by atoms with Crippen LogP contribution in [-0.2, 0) is 12.8 Å². The summed E-state index contributed by atoms with van der Waals surface area (Å²) >= 11 is 0. The van der Waals surface area contributed by atoms with E-state index in [1.807, 2.05) is 0 Å². The molecule has 0 saturated carbocycles. The van der Waals surface area contributed by atoms with E-state index in [4.69, 9.17) is 0 Å². The summed E-state index contributed by atoms with van der Waals surface area (Å²) in [4.78, 5) is 15.9. The number of fused-ring (bicyclic) bond motifs is 2. The number of para-hydroxylation sites is 1. The maximum absolute atomic E-state index is 13.8. The number of hydrogen-bond donors (Lipinski definition) is 1. The lowest BCUT2D eigenvalue weighted by Crippen LogP contribution is -2.09. The molecule has 0 aliphatic heterocycles. The van der Waals surface area contributed by atoms with Gasteiger partial charge in [0, 0.05) is 11.1 Å². The van der Waals surface area contributed by atoms with E-state index in [9.17, 15) is 14.3 Å². The van der Waals surface area contributed by atoms with Crippen LogP contribution in [0.2, 0.25) is 0 Å². The van der Waals surface area contributed by atoms with Crippen molar-refractivity contribution in [2.75, 3.05) is 0 Å². The van der Waals surface area contributed by atoms with Crippen molar-refractivity contribution in [2.45, 2.75) is 32.1 Å². The number of hydrogen-bond acceptors (Lipinski definition) is 2. The predicted molar refractivity (Wildman–Crippen MR) is 69.9 cm³/mol. The smallest absolute Gasteiger partial charge is 0.336 e. The number of carbonyl (C=O) groups is 1. The van der Waals surface area contributed by atoms with E-state index < -0.39 is 11.8 Å². The molecule has 1 heterocycles. The van der Waals surface area contributed by atoms with E-state index in [0.717, 1.165) is 43.4 Å². The van der Waals surface area contributed by atoms with Crippen LogP contribution in [0.4, 0.5) is 4.39 Å². The summed E-state index contributed by atoms with van der Waals surface area (Å²) in [5.74, 6) is -1.44. The van der Waals surface area contributed by atoms with Gasteiger partial charge in [-0.25, -0.2) is 14.2 Å². The van der Waals surface area contributed by atoms with E-state index in [1.54, 1.807) is 6.07 Å². The van der Waals surface area contributed by atoms with Crippen molar-refractivity contribution in [3.63, 3.8) is 0 Å². The van der Waals surface area contributed by atoms with Crippen LogP contribution >= 0.6 is 0 Å². The minimum absolute atomic E-state index is 0.181. The molecular formula is C15H14FNO2. The highest BCUT2D eigenvalue weighted by atomic mass is 19.1. The van der Waals surface area contributed by atoms with Gasteiger partial charge in [-0.1, -0.05) is 18.6 Å². The maximum atomic E-state index is 13.8. The fraction of sp³-hybridized carbons (Fsp3) is 0.333. The lowest BCUT2D eigenvalue weighted by molar-refractivity contribution is 0.0697. The van der Waals surface area contributed by atoms with E-state index in [2.05, 4.69) is 4.98 Å². The normalized spacial score (nSPS) is 15.0. The third kappa shape index (κ3) is 1.97. The first-order chi connectivity index (χ1) is 9.18. The molecule has 1 aliphatic rings. The molecule has 98 valence electrons. The molecule has 0 bridgehead atoms. The van der Waals surface area contributed by atoms with Crippen molar-refractivity contribution in [1.82, 2.24) is 4.98 Å². The van der Waals surface area contributed by atoms with Crippen LogP contribution < -0.4 is 0 Å². The lowest BCUT2D eigenvalue weighted by Gasteiger charge is -2.12. The number of rotatable bonds is 1. The number of pyridine rings is 1. The minimum Gasteiger partial charge on any atom is -0.478 e. The predicted octanol–water partition coefficient (Wildman–Crippen LogP) is 3.34. The Morgan fingerprint density at radius 3 is 2.79 bits per heavy atom. The number of carboxylic acid groups (broad SMARTS) is 1. The average molecular weight is 259 g/mol. The molecule has 1 aromatic carbocycles. The molecule has 19 heavy (non-hydrogen) atoms. The largest absolute Gasteiger partial charge is 0.478 e. The van der Waals surface area contributed by atoms with Crippen molar-refractivity contribution in [1.29, 1.82) is 0 Å². The Bertz CT molecular complexity index is 667. The highest BCUT2D eigenvalue weighted by Crippen LogP contribution is 2.29. The molecule has 0 spiro atoms. The molecule has 2 aromatic rings. The molecule has 3 nitrogen and oxygen atoms in total. The van der Waals surface area contributed by atoms with Gasteiger partial charge in [-0.2, -0.15) is 0 Å².